The number of benzene rings is 3. The summed E-state index contributed by atoms with van der Waals surface area (Å²) in [7, 11) is 0. The lowest BCUT2D eigenvalue weighted by molar-refractivity contribution is -0.139. The Labute approximate surface area is 209 Å². The molecule has 0 fully saturated rings. The van der Waals surface area contributed by atoms with Gasteiger partial charge in [0.05, 0.1) is 34.8 Å². The van der Waals surface area contributed by atoms with Crippen molar-refractivity contribution in [3.63, 3.8) is 0 Å². The summed E-state index contributed by atoms with van der Waals surface area (Å²) in [6, 6.07) is 14.7. The molecule has 5 rings (SSSR count). The van der Waals surface area contributed by atoms with Gasteiger partial charge in [0, 0.05) is 22.2 Å². The molecule has 1 atom stereocenters. The van der Waals surface area contributed by atoms with Crippen LogP contribution in [-0.2, 0) is 4.79 Å². The Morgan fingerprint density at radius 1 is 1.06 bits per heavy atom. The molecule has 10 heteroatoms. The predicted molar refractivity (Wildman–Crippen MR) is 131 cm³/mol. The van der Waals surface area contributed by atoms with E-state index in [9.17, 15) is 14.7 Å². The van der Waals surface area contributed by atoms with Crippen molar-refractivity contribution in [3.8, 4) is 17.2 Å². The Hall–Kier alpha value is -3.88. The molecule has 3 aromatic carbocycles. The zero-order valence-corrected chi connectivity index (χ0v) is 19.5. The summed E-state index contributed by atoms with van der Waals surface area (Å²) in [5, 5.41) is 13.0. The van der Waals surface area contributed by atoms with Crippen molar-refractivity contribution in [1.29, 1.82) is 0 Å². The minimum Gasteiger partial charge on any atom is -0.493 e. The minimum absolute atomic E-state index is 0.262. The van der Waals surface area contributed by atoms with Gasteiger partial charge >= 0.3 is 5.97 Å². The molecular formula is C25H17Cl2N3O5. The highest BCUT2D eigenvalue weighted by atomic mass is 35.5. The molecule has 2 N–H and O–H groups in total. The van der Waals surface area contributed by atoms with E-state index in [1.165, 1.54) is 6.20 Å². The first-order chi connectivity index (χ1) is 16.9. The van der Waals surface area contributed by atoms with Gasteiger partial charge in [0.25, 0.3) is 5.91 Å². The van der Waals surface area contributed by atoms with Gasteiger partial charge in [-0.1, -0.05) is 23.2 Å². The van der Waals surface area contributed by atoms with E-state index in [2.05, 4.69) is 15.3 Å². The number of carboxylic acids is 1. The number of nitrogens with one attached hydrogen (secondary N) is 1. The van der Waals surface area contributed by atoms with E-state index < -0.39 is 11.9 Å². The number of rotatable bonds is 5. The molecule has 0 saturated carbocycles. The van der Waals surface area contributed by atoms with Crippen LogP contribution in [0.1, 0.15) is 28.3 Å². The molecule has 0 spiro atoms. The fourth-order valence-electron chi connectivity index (χ4n) is 3.76. The molecular weight excluding hydrogens is 493 g/mol. The van der Waals surface area contributed by atoms with Crippen LogP contribution in [0, 0.1) is 0 Å². The summed E-state index contributed by atoms with van der Waals surface area (Å²) < 4.78 is 11.5. The van der Waals surface area contributed by atoms with E-state index in [-0.39, 0.29) is 10.9 Å². The highest BCUT2D eigenvalue weighted by molar-refractivity contribution is 6.32. The Bertz CT molecular complexity index is 1460. The van der Waals surface area contributed by atoms with Crippen LogP contribution < -0.4 is 14.8 Å². The van der Waals surface area contributed by atoms with Gasteiger partial charge in [-0.25, -0.2) is 4.98 Å². The second kappa shape index (κ2) is 9.40. The van der Waals surface area contributed by atoms with Gasteiger partial charge in [0.2, 0.25) is 0 Å². The first-order valence-corrected chi connectivity index (χ1v) is 11.3. The summed E-state index contributed by atoms with van der Waals surface area (Å²) in [6.07, 6.45) is 1.84. The average Bonchev–Trinajstić information content (AvgIpc) is 2.84. The number of aliphatic carboxylic acids is 1. The quantitative estimate of drug-likeness (QED) is 0.342. The lowest BCUT2D eigenvalue weighted by Crippen LogP contribution is -2.20. The van der Waals surface area contributed by atoms with Gasteiger partial charge in [-0.05, 0) is 55.0 Å². The summed E-state index contributed by atoms with van der Waals surface area (Å²) in [6.45, 7) is 0.296. The van der Waals surface area contributed by atoms with Crippen LogP contribution in [0.3, 0.4) is 0 Å². The second-order valence-corrected chi connectivity index (χ2v) is 8.66. The molecule has 1 aliphatic rings. The van der Waals surface area contributed by atoms with E-state index >= 15 is 0 Å². The number of carboxylic acid groups (broad SMARTS) is 1. The zero-order chi connectivity index (χ0) is 24.5. The summed E-state index contributed by atoms with van der Waals surface area (Å²) in [5.41, 5.74) is 2.14. The molecule has 2 heterocycles. The van der Waals surface area contributed by atoms with Gasteiger partial charge in [-0.3, -0.25) is 14.6 Å². The third kappa shape index (κ3) is 4.84. The number of halogens is 2. The highest BCUT2D eigenvalue weighted by Gasteiger charge is 2.29. The van der Waals surface area contributed by atoms with Crippen LogP contribution in [0.5, 0.6) is 17.2 Å². The number of hydrogen-bond donors (Lipinski definition) is 2. The van der Waals surface area contributed by atoms with Gasteiger partial charge in [-0.15, -0.1) is 0 Å². The third-order valence-electron chi connectivity index (χ3n) is 5.49. The van der Waals surface area contributed by atoms with Crippen LogP contribution in [-0.4, -0.2) is 33.6 Å². The SMILES string of the molecule is O=C(Nc1cnc2cc(Cl)ccc2n1)c1ccc(Oc2cc3c(cc2Cl)C(C(=O)O)CCO3)cc1. The van der Waals surface area contributed by atoms with Crippen molar-refractivity contribution in [1.82, 2.24) is 9.97 Å². The molecule has 176 valence electrons. The highest BCUT2D eigenvalue weighted by Crippen LogP contribution is 2.41. The molecule has 1 aromatic heterocycles. The monoisotopic (exact) mass is 509 g/mol. The fourth-order valence-corrected chi connectivity index (χ4v) is 4.14. The second-order valence-electron chi connectivity index (χ2n) is 7.82. The Kier molecular flexibility index (Phi) is 6.15. The largest absolute Gasteiger partial charge is 0.493 e. The fraction of sp³-hybridized carbons (Fsp3) is 0.120. The topological polar surface area (TPSA) is 111 Å². The number of ether oxygens (including phenoxy) is 2. The maximum Gasteiger partial charge on any atom is 0.311 e. The summed E-state index contributed by atoms with van der Waals surface area (Å²) >= 11 is 12.3. The Morgan fingerprint density at radius 2 is 1.86 bits per heavy atom. The van der Waals surface area contributed by atoms with Crippen molar-refractivity contribution in [2.75, 3.05) is 11.9 Å². The first kappa shape index (κ1) is 22.9. The van der Waals surface area contributed by atoms with Crippen LogP contribution in [0.25, 0.3) is 11.0 Å². The van der Waals surface area contributed by atoms with E-state index in [1.54, 1.807) is 54.6 Å². The predicted octanol–water partition coefficient (Wildman–Crippen LogP) is 5.93. The van der Waals surface area contributed by atoms with Crippen molar-refractivity contribution >= 4 is 51.9 Å². The normalized spacial score (nSPS) is 14.6. The van der Waals surface area contributed by atoms with Crippen molar-refractivity contribution in [2.24, 2.45) is 0 Å². The number of aromatic nitrogens is 2. The molecule has 1 amide bonds. The smallest absolute Gasteiger partial charge is 0.311 e. The summed E-state index contributed by atoms with van der Waals surface area (Å²) in [4.78, 5) is 32.8. The van der Waals surface area contributed by atoms with Crippen LogP contribution in [0.4, 0.5) is 5.82 Å². The number of nitrogens with zero attached hydrogens (tertiary/aromatic N) is 2. The van der Waals surface area contributed by atoms with Crippen LogP contribution in [0.2, 0.25) is 10.0 Å². The third-order valence-corrected chi connectivity index (χ3v) is 6.02. The van der Waals surface area contributed by atoms with E-state index in [0.29, 0.717) is 63.3 Å². The van der Waals surface area contributed by atoms with E-state index in [0.717, 1.165) is 0 Å². The maximum atomic E-state index is 12.6. The number of carbonyl (C=O) groups is 2. The number of hydrogen-bond acceptors (Lipinski definition) is 6. The van der Waals surface area contributed by atoms with Crippen molar-refractivity contribution < 1.29 is 24.2 Å². The van der Waals surface area contributed by atoms with Crippen LogP contribution >= 0.6 is 23.2 Å². The van der Waals surface area contributed by atoms with E-state index in [1.807, 2.05) is 0 Å². The molecule has 0 radical (unpaired) electrons. The number of amides is 1. The molecule has 1 unspecified atom stereocenters. The molecule has 0 aliphatic carbocycles. The lowest BCUT2D eigenvalue weighted by Gasteiger charge is -2.24. The molecule has 1 aliphatic heterocycles. The summed E-state index contributed by atoms with van der Waals surface area (Å²) in [5.74, 6) is -0.459. The molecule has 35 heavy (non-hydrogen) atoms. The minimum atomic E-state index is -0.924. The number of carbonyl (C=O) groups excluding carboxylic acids is 1. The van der Waals surface area contributed by atoms with Gasteiger partial charge in [0.15, 0.2) is 5.82 Å². The van der Waals surface area contributed by atoms with Crippen molar-refractivity contribution in [2.45, 2.75) is 12.3 Å². The molecule has 4 aromatic rings. The Morgan fingerprint density at radius 3 is 2.63 bits per heavy atom. The molecule has 0 bridgehead atoms. The van der Waals surface area contributed by atoms with Crippen LogP contribution in [0.15, 0.2) is 60.8 Å². The van der Waals surface area contributed by atoms with Gasteiger partial charge in [-0.2, -0.15) is 0 Å². The number of fused-ring (bicyclic) bond motifs is 2. The Balaban J connectivity index is 1.30. The lowest BCUT2D eigenvalue weighted by atomic mass is 9.93. The van der Waals surface area contributed by atoms with E-state index in [4.69, 9.17) is 32.7 Å². The average molecular weight is 510 g/mol. The maximum absolute atomic E-state index is 12.6. The first-order valence-electron chi connectivity index (χ1n) is 10.6. The van der Waals surface area contributed by atoms with Gasteiger partial charge in [0.1, 0.15) is 17.2 Å². The molecule has 8 nitrogen and oxygen atoms in total. The molecule has 0 saturated heterocycles. The zero-order valence-electron chi connectivity index (χ0n) is 18.0. The standard InChI is InChI=1S/C25H17Cl2N3O5/c26-14-3-6-19-20(9-14)28-12-23(29-19)30-24(31)13-1-4-15(5-2-13)35-22-11-21-17(10-18(22)27)16(25(32)33)7-8-34-21/h1-6,9-12,16H,7-8H2,(H,32,33)(H,29,30,31). The van der Waals surface area contributed by atoms with Gasteiger partial charge < -0.3 is 19.9 Å². The van der Waals surface area contributed by atoms with Crippen molar-refractivity contribution in [3.05, 3.63) is 82.0 Å². The number of anilines is 1.